The van der Waals surface area contributed by atoms with Crippen molar-refractivity contribution in [3.05, 3.63) is 21.3 Å². The summed E-state index contributed by atoms with van der Waals surface area (Å²) in [5.41, 5.74) is 0.224. The number of rotatable bonds is 6. The second-order valence-corrected chi connectivity index (χ2v) is 6.65. The van der Waals surface area contributed by atoms with Crippen molar-refractivity contribution in [2.45, 2.75) is 19.3 Å². The van der Waals surface area contributed by atoms with E-state index in [1.807, 2.05) is 6.07 Å². The number of hydrogen-bond donors (Lipinski definition) is 1. The zero-order chi connectivity index (χ0) is 11.6. The van der Waals surface area contributed by atoms with E-state index in [2.05, 4.69) is 18.0 Å². The maximum atomic E-state index is 9.25. The third-order valence-electron chi connectivity index (χ3n) is 3.27. The molecule has 2 nitrogen and oxygen atoms in total. The zero-order valence-corrected chi connectivity index (χ0v) is 11.2. The monoisotopic (exact) mass is 259 g/mol. The molecule has 0 aromatic carbocycles. The molecule has 0 amide bonds. The first-order valence-electron chi connectivity index (χ1n) is 5.67. The first kappa shape index (κ1) is 12.4. The minimum Gasteiger partial charge on any atom is -0.396 e. The van der Waals surface area contributed by atoms with Gasteiger partial charge in [0.1, 0.15) is 0 Å². The highest BCUT2D eigenvalue weighted by atomic mass is 35.5. The lowest BCUT2D eigenvalue weighted by molar-refractivity contribution is 0.165. The van der Waals surface area contributed by atoms with Gasteiger partial charge in [-0.05, 0) is 38.4 Å². The van der Waals surface area contributed by atoms with Crippen LogP contribution in [0.2, 0.25) is 4.34 Å². The number of aliphatic hydroxyl groups excluding tert-OH is 1. The minimum absolute atomic E-state index is 0.224. The topological polar surface area (TPSA) is 23.5 Å². The van der Waals surface area contributed by atoms with Crippen molar-refractivity contribution in [2.75, 3.05) is 26.7 Å². The minimum atomic E-state index is 0.224. The third-order valence-corrected chi connectivity index (χ3v) is 4.56. The van der Waals surface area contributed by atoms with Crippen LogP contribution in [-0.4, -0.2) is 36.8 Å². The van der Waals surface area contributed by atoms with Gasteiger partial charge < -0.3 is 10.0 Å². The fourth-order valence-corrected chi connectivity index (χ4v) is 3.06. The van der Waals surface area contributed by atoms with Crippen LogP contribution in [0.15, 0.2) is 12.1 Å². The Balaban J connectivity index is 1.73. The van der Waals surface area contributed by atoms with Gasteiger partial charge in [-0.3, -0.25) is 0 Å². The van der Waals surface area contributed by atoms with Crippen LogP contribution in [0, 0.1) is 5.41 Å². The molecular formula is C12H18ClNOS. The molecule has 2 rings (SSSR count). The lowest BCUT2D eigenvalue weighted by Crippen LogP contribution is -2.30. The van der Waals surface area contributed by atoms with Crippen molar-refractivity contribution in [2.24, 2.45) is 5.41 Å². The maximum Gasteiger partial charge on any atom is 0.0931 e. The Bertz CT molecular complexity index is 349. The van der Waals surface area contributed by atoms with Crippen LogP contribution in [0.5, 0.6) is 0 Å². The lowest BCUT2D eigenvalue weighted by Gasteiger charge is -2.21. The molecule has 0 unspecified atom stereocenters. The standard InChI is InChI=1S/C12H18ClNOS/c1-14(8-12(9-15)5-6-12)7-4-10-2-3-11(13)16-10/h2-3,15H,4-9H2,1H3. The number of halogens is 1. The predicted octanol–water partition coefficient (Wildman–Crippen LogP) is 2.65. The van der Waals surface area contributed by atoms with Crippen molar-refractivity contribution < 1.29 is 5.11 Å². The molecule has 0 bridgehead atoms. The van der Waals surface area contributed by atoms with Crippen molar-refractivity contribution in [1.29, 1.82) is 0 Å². The van der Waals surface area contributed by atoms with Crippen LogP contribution in [0.4, 0.5) is 0 Å². The summed E-state index contributed by atoms with van der Waals surface area (Å²) in [5, 5.41) is 9.25. The van der Waals surface area contributed by atoms with Crippen LogP contribution in [-0.2, 0) is 6.42 Å². The van der Waals surface area contributed by atoms with Crippen molar-refractivity contribution in [3.63, 3.8) is 0 Å². The van der Waals surface area contributed by atoms with E-state index in [1.54, 1.807) is 11.3 Å². The van der Waals surface area contributed by atoms with Crippen molar-refractivity contribution >= 4 is 22.9 Å². The molecule has 0 spiro atoms. The molecule has 4 heteroatoms. The van der Waals surface area contributed by atoms with Crippen LogP contribution in [0.25, 0.3) is 0 Å². The van der Waals surface area contributed by atoms with Gasteiger partial charge in [0.2, 0.25) is 0 Å². The number of aliphatic hydroxyl groups is 1. The summed E-state index contributed by atoms with van der Waals surface area (Å²) < 4.78 is 0.867. The largest absolute Gasteiger partial charge is 0.396 e. The molecular weight excluding hydrogens is 242 g/mol. The van der Waals surface area contributed by atoms with Gasteiger partial charge in [-0.1, -0.05) is 11.6 Å². The molecule has 0 aliphatic heterocycles. The first-order valence-corrected chi connectivity index (χ1v) is 6.87. The molecule has 1 aromatic heterocycles. The fourth-order valence-electron chi connectivity index (χ4n) is 1.98. The van der Waals surface area contributed by atoms with Gasteiger partial charge in [-0.15, -0.1) is 11.3 Å². The molecule has 1 aliphatic rings. The highest BCUT2D eigenvalue weighted by molar-refractivity contribution is 7.16. The molecule has 1 aromatic rings. The van der Waals surface area contributed by atoms with Gasteiger partial charge in [0.25, 0.3) is 0 Å². The van der Waals surface area contributed by atoms with Crippen LogP contribution in [0.1, 0.15) is 17.7 Å². The maximum absolute atomic E-state index is 9.25. The van der Waals surface area contributed by atoms with Crippen molar-refractivity contribution in [3.8, 4) is 0 Å². The Labute approximate surface area is 106 Å². The van der Waals surface area contributed by atoms with E-state index in [1.165, 1.54) is 17.7 Å². The molecule has 90 valence electrons. The van der Waals surface area contributed by atoms with Gasteiger partial charge in [0.15, 0.2) is 0 Å². The summed E-state index contributed by atoms with van der Waals surface area (Å²) >= 11 is 7.54. The normalized spacial score (nSPS) is 18.0. The van der Waals surface area contributed by atoms with E-state index in [0.29, 0.717) is 6.61 Å². The van der Waals surface area contributed by atoms with E-state index in [0.717, 1.165) is 23.8 Å². The Morgan fingerprint density at radius 2 is 2.25 bits per heavy atom. The summed E-state index contributed by atoms with van der Waals surface area (Å²) in [7, 11) is 2.13. The summed E-state index contributed by atoms with van der Waals surface area (Å²) in [5.74, 6) is 0. The smallest absolute Gasteiger partial charge is 0.0931 e. The summed E-state index contributed by atoms with van der Waals surface area (Å²) in [4.78, 5) is 3.65. The van der Waals surface area contributed by atoms with Gasteiger partial charge in [0.05, 0.1) is 4.34 Å². The van der Waals surface area contributed by atoms with Crippen LogP contribution in [0.3, 0.4) is 0 Å². The van der Waals surface area contributed by atoms with E-state index in [9.17, 15) is 5.11 Å². The molecule has 1 N–H and O–H groups in total. The van der Waals surface area contributed by atoms with Gasteiger partial charge in [-0.2, -0.15) is 0 Å². The van der Waals surface area contributed by atoms with Gasteiger partial charge in [0, 0.05) is 30.0 Å². The Kier molecular flexibility index (Phi) is 3.90. The molecule has 0 saturated heterocycles. The average Bonchev–Trinajstić information content (AvgIpc) is 2.91. The molecule has 16 heavy (non-hydrogen) atoms. The molecule has 0 atom stereocenters. The summed E-state index contributed by atoms with van der Waals surface area (Å²) in [6.07, 6.45) is 3.41. The molecule has 1 aliphatic carbocycles. The molecule has 0 radical (unpaired) electrons. The first-order chi connectivity index (χ1) is 7.63. The van der Waals surface area contributed by atoms with Gasteiger partial charge in [-0.25, -0.2) is 0 Å². The second kappa shape index (κ2) is 5.05. The van der Waals surface area contributed by atoms with E-state index in [4.69, 9.17) is 11.6 Å². The molecule has 1 fully saturated rings. The van der Waals surface area contributed by atoms with Crippen LogP contribution < -0.4 is 0 Å². The fraction of sp³-hybridized carbons (Fsp3) is 0.667. The van der Waals surface area contributed by atoms with Gasteiger partial charge >= 0.3 is 0 Å². The Morgan fingerprint density at radius 1 is 1.50 bits per heavy atom. The molecule has 1 heterocycles. The number of likely N-dealkylation sites (N-methyl/N-ethyl adjacent to an activating group) is 1. The third kappa shape index (κ3) is 3.20. The quantitative estimate of drug-likeness (QED) is 0.849. The average molecular weight is 260 g/mol. The lowest BCUT2D eigenvalue weighted by atomic mass is 10.1. The predicted molar refractivity (Wildman–Crippen MR) is 69.3 cm³/mol. The van der Waals surface area contributed by atoms with E-state index in [-0.39, 0.29) is 5.41 Å². The zero-order valence-electron chi connectivity index (χ0n) is 9.58. The van der Waals surface area contributed by atoms with E-state index < -0.39 is 0 Å². The number of thiophene rings is 1. The number of hydrogen-bond acceptors (Lipinski definition) is 3. The SMILES string of the molecule is CN(CCc1ccc(Cl)s1)CC1(CO)CC1. The summed E-state index contributed by atoms with van der Waals surface area (Å²) in [6, 6.07) is 4.05. The van der Waals surface area contributed by atoms with Crippen molar-refractivity contribution in [1.82, 2.24) is 4.90 Å². The van der Waals surface area contributed by atoms with Crippen LogP contribution >= 0.6 is 22.9 Å². The summed E-state index contributed by atoms with van der Waals surface area (Å²) in [6.45, 7) is 2.39. The number of nitrogens with zero attached hydrogens (tertiary/aromatic N) is 1. The Morgan fingerprint density at radius 3 is 2.75 bits per heavy atom. The Hall–Kier alpha value is -0.0900. The second-order valence-electron chi connectivity index (χ2n) is 4.85. The highest BCUT2D eigenvalue weighted by Gasteiger charge is 2.42. The van der Waals surface area contributed by atoms with E-state index >= 15 is 0 Å². The highest BCUT2D eigenvalue weighted by Crippen LogP contribution is 2.45. The molecule has 1 saturated carbocycles.